The Morgan fingerprint density at radius 1 is 1.11 bits per heavy atom. The predicted octanol–water partition coefficient (Wildman–Crippen LogP) is 3.25. The van der Waals surface area contributed by atoms with Gasteiger partial charge in [-0.1, -0.05) is 24.0 Å². The Morgan fingerprint density at radius 2 is 1.84 bits per heavy atom. The highest BCUT2D eigenvalue weighted by molar-refractivity contribution is 5.21. The lowest BCUT2D eigenvalue weighted by Gasteiger charge is -2.36. The summed E-state index contributed by atoms with van der Waals surface area (Å²) in [5.41, 5.74) is -0.824. The van der Waals surface area contributed by atoms with Gasteiger partial charge in [-0.3, -0.25) is 0 Å². The zero-order chi connectivity index (χ0) is 13.2. The second kappa shape index (κ2) is 3.89. The predicted molar refractivity (Wildman–Crippen MR) is 76.1 cm³/mol. The average Bonchev–Trinajstić information content (AvgIpc) is 3.05. The second-order valence-corrected chi connectivity index (χ2v) is 7.82. The maximum atomic E-state index is 9.68. The Hall–Kier alpha value is -0.740. The van der Waals surface area contributed by atoms with Crippen molar-refractivity contribution in [1.29, 1.82) is 0 Å². The summed E-state index contributed by atoms with van der Waals surface area (Å²) >= 11 is 0. The first-order chi connectivity index (χ1) is 9.03. The quantitative estimate of drug-likeness (QED) is 0.434. The summed E-state index contributed by atoms with van der Waals surface area (Å²) < 4.78 is 0. The smallest absolute Gasteiger partial charge is 0.119 e. The molecule has 1 N–H and O–H groups in total. The van der Waals surface area contributed by atoms with Crippen LogP contribution in [0.3, 0.4) is 0 Å². The molecular weight excluding hydrogens is 232 g/mol. The van der Waals surface area contributed by atoms with Crippen LogP contribution in [0.25, 0.3) is 0 Å². The Labute approximate surface area is 116 Å². The molecule has 4 aliphatic rings. The molecule has 0 spiro atoms. The Bertz CT molecular complexity index is 472. The van der Waals surface area contributed by atoms with Crippen LogP contribution in [0.4, 0.5) is 0 Å². The summed E-state index contributed by atoms with van der Waals surface area (Å²) in [5, 5.41) is 9.68. The fourth-order valence-electron chi connectivity index (χ4n) is 5.79. The van der Waals surface area contributed by atoms with Crippen molar-refractivity contribution in [2.45, 2.75) is 45.1 Å². The van der Waals surface area contributed by atoms with Crippen LogP contribution in [0.5, 0.6) is 0 Å². The molecular formula is C18H24O. The number of allylic oxidation sites excluding steroid dienone is 2. The number of hydrogen-bond acceptors (Lipinski definition) is 1. The van der Waals surface area contributed by atoms with Gasteiger partial charge < -0.3 is 5.11 Å². The summed E-state index contributed by atoms with van der Waals surface area (Å²) in [6, 6.07) is 0. The van der Waals surface area contributed by atoms with Crippen LogP contribution in [0, 0.1) is 53.3 Å². The molecule has 4 bridgehead atoms. The molecule has 102 valence electrons. The lowest BCUT2D eigenvalue weighted by molar-refractivity contribution is 0.142. The number of hydrogen-bond donors (Lipinski definition) is 1. The van der Waals surface area contributed by atoms with E-state index in [-0.39, 0.29) is 0 Å². The first-order valence-corrected chi connectivity index (χ1v) is 7.93. The van der Waals surface area contributed by atoms with E-state index in [4.69, 9.17) is 0 Å². The topological polar surface area (TPSA) is 20.2 Å². The fraction of sp³-hybridized carbons (Fsp3) is 0.778. The van der Waals surface area contributed by atoms with Crippen LogP contribution in [0.1, 0.15) is 39.5 Å². The summed E-state index contributed by atoms with van der Waals surface area (Å²) in [5.74, 6) is 12.8. The lowest BCUT2D eigenvalue weighted by Crippen LogP contribution is -2.30. The van der Waals surface area contributed by atoms with E-state index in [1.54, 1.807) is 13.8 Å². The van der Waals surface area contributed by atoms with Gasteiger partial charge in [0, 0.05) is 6.42 Å². The summed E-state index contributed by atoms with van der Waals surface area (Å²) in [6.07, 6.45) is 10.4. The molecule has 7 atom stereocenters. The Kier molecular flexibility index (Phi) is 2.46. The zero-order valence-corrected chi connectivity index (χ0v) is 12.0. The standard InChI is InChI=1S/C18H24O/c1-18(2,19)7-3-4-11-8-14-10-15(11)17-13-6-5-12(9-13)16(14)17/h5-6,11-17,19H,4,8-10H2,1-2H3/t11-,12+,13+,14+,15-,16+,17+/m1/s1. The minimum atomic E-state index is -0.824. The van der Waals surface area contributed by atoms with Crippen molar-refractivity contribution in [3.63, 3.8) is 0 Å². The van der Waals surface area contributed by atoms with Gasteiger partial charge in [-0.25, -0.2) is 0 Å². The molecule has 4 rings (SSSR count). The van der Waals surface area contributed by atoms with Gasteiger partial charge in [0.1, 0.15) is 5.60 Å². The van der Waals surface area contributed by atoms with Crippen molar-refractivity contribution >= 4 is 0 Å². The Balaban J connectivity index is 1.48. The van der Waals surface area contributed by atoms with E-state index in [0.29, 0.717) is 0 Å². The van der Waals surface area contributed by atoms with E-state index in [2.05, 4.69) is 24.0 Å². The van der Waals surface area contributed by atoms with Gasteiger partial charge in [0.15, 0.2) is 0 Å². The second-order valence-electron chi connectivity index (χ2n) is 7.82. The number of fused-ring (bicyclic) bond motifs is 9. The molecule has 1 heteroatoms. The minimum Gasteiger partial charge on any atom is -0.378 e. The first kappa shape index (κ1) is 12.0. The maximum Gasteiger partial charge on any atom is 0.119 e. The molecule has 0 aromatic rings. The van der Waals surface area contributed by atoms with E-state index in [1.807, 2.05) is 0 Å². The molecule has 0 aromatic heterocycles. The molecule has 0 aromatic carbocycles. The van der Waals surface area contributed by atoms with E-state index in [0.717, 1.165) is 47.8 Å². The molecule has 4 aliphatic carbocycles. The van der Waals surface area contributed by atoms with E-state index < -0.39 is 5.60 Å². The van der Waals surface area contributed by atoms with Crippen molar-refractivity contribution in [2.24, 2.45) is 41.4 Å². The van der Waals surface area contributed by atoms with E-state index >= 15 is 0 Å². The molecule has 1 nitrogen and oxygen atoms in total. The molecule has 0 aliphatic heterocycles. The van der Waals surface area contributed by atoms with Gasteiger partial charge >= 0.3 is 0 Å². The molecule has 3 saturated carbocycles. The van der Waals surface area contributed by atoms with Crippen molar-refractivity contribution in [2.75, 3.05) is 0 Å². The van der Waals surface area contributed by atoms with Crippen LogP contribution < -0.4 is 0 Å². The van der Waals surface area contributed by atoms with Crippen molar-refractivity contribution < 1.29 is 5.11 Å². The first-order valence-electron chi connectivity index (χ1n) is 7.93. The molecule has 0 radical (unpaired) electrons. The van der Waals surface area contributed by atoms with E-state index in [9.17, 15) is 5.11 Å². The third-order valence-electron chi connectivity index (χ3n) is 6.17. The summed E-state index contributed by atoms with van der Waals surface area (Å²) in [7, 11) is 0. The highest BCUT2D eigenvalue weighted by Gasteiger charge is 2.60. The lowest BCUT2D eigenvalue weighted by atomic mass is 9.69. The summed E-state index contributed by atoms with van der Waals surface area (Å²) in [4.78, 5) is 0. The Morgan fingerprint density at radius 3 is 2.58 bits per heavy atom. The van der Waals surface area contributed by atoms with Crippen LogP contribution in [0.15, 0.2) is 12.2 Å². The van der Waals surface area contributed by atoms with Crippen molar-refractivity contribution in [3.8, 4) is 11.8 Å². The maximum absolute atomic E-state index is 9.68. The third-order valence-corrected chi connectivity index (χ3v) is 6.17. The molecule has 3 fully saturated rings. The molecule has 0 heterocycles. The van der Waals surface area contributed by atoms with Crippen LogP contribution in [-0.4, -0.2) is 10.7 Å². The number of aliphatic hydroxyl groups is 1. The minimum absolute atomic E-state index is 0.814. The largest absolute Gasteiger partial charge is 0.378 e. The van der Waals surface area contributed by atoms with Crippen LogP contribution in [0.2, 0.25) is 0 Å². The van der Waals surface area contributed by atoms with Gasteiger partial charge in [0.05, 0.1) is 0 Å². The molecule has 0 unspecified atom stereocenters. The highest BCUT2D eigenvalue weighted by Crippen LogP contribution is 2.67. The van der Waals surface area contributed by atoms with Crippen LogP contribution in [-0.2, 0) is 0 Å². The van der Waals surface area contributed by atoms with Crippen LogP contribution >= 0.6 is 0 Å². The average molecular weight is 256 g/mol. The monoisotopic (exact) mass is 256 g/mol. The van der Waals surface area contributed by atoms with Gasteiger partial charge in [0.25, 0.3) is 0 Å². The van der Waals surface area contributed by atoms with E-state index in [1.165, 1.54) is 19.3 Å². The fourth-order valence-corrected chi connectivity index (χ4v) is 5.79. The SMILES string of the molecule is CC(C)(O)C#CC[C@@H]1C[C@H]2C[C@H]1[C@H]1[C@H]2[C@H]2C=C[C@H]1C2. The molecule has 19 heavy (non-hydrogen) atoms. The molecule has 0 amide bonds. The highest BCUT2D eigenvalue weighted by atomic mass is 16.3. The van der Waals surface area contributed by atoms with Crippen molar-refractivity contribution in [3.05, 3.63) is 12.2 Å². The van der Waals surface area contributed by atoms with Crippen molar-refractivity contribution in [1.82, 2.24) is 0 Å². The van der Waals surface area contributed by atoms with Gasteiger partial charge in [-0.05, 0) is 74.5 Å². The third kappa shape index (κ3) is 1.80. The summed E-state index contributed by atoms with van der Waals surface area (Å²) in [6.45, 7) is 3.55. The van der Waals surface area contributed by atoms with Gasteiger partial charge in [0.2, 0.25) is 0 Å². The van der Waals surface area contributed by atoms with Gasteiger partial charge in [-0.15, -0.1) is 0 Å². The normalized spacial score (nSPS) is 49.3. The molecule has 0 saturated heterocycles. The van der Waals surface area contributed by atoms with Gasteiger partial charge in [-0.2, -0.15) is 0 Å². The number of rotatable bonds is 1. The zero-order valence-electron chi connectivity index (χ0n) is 12.0.